The van der Waals surface area contributed by atoms with Crippen LogP contribution < -0.4 is 10.1 Å². The molecule has 2 aromatic carbocycles. The van der Waals surface area contributed by atoms with E-state index in [9.17, 15) is 4.79 Å². The van der Waals surface area contributed by atoms with Gasteiger partial charge in [0.25, 0.3) is 0 Å². The van der Waals surface area contributed by atoms with Crippen LogP contribution in [0.1, 0.15) is 44.2 Å². The maximum Gasteiger partial charge on any atom is 0.224 e. The smallest absolute Gasteiger partial charge is 0.224 e. The van der Waals surface area contributed by atoms with E-state index in [4.69, 9.17) is 4.74 Å². The van der Waals surface area contributed by atoms with E-state index in [1.165, 1.54) is 18.4 Å². The molecule has 3 nitrogen and oxygen atoms in total. The summed E-state index contributed by atoms with van der Waals surface area (Å²) < 4.78 is 6.37. The van der Waals surface area contributed by atoms with Gasteiger partial charge in [-0.25, -0.2) is 0 Å². The summed E-state index contributed by atoms with van der Waals surface area (Å²) in [5.41, 5.74) is 3.26. The van der Waals surface area contributed by atoms with Crippen molar-refractivity contribution < 1.29 is 9.53 Å². The molecule has 0 fully saturated rings. The Morgan fingerprint density at radius 3 is 2.40 bits per heavy atom. The van der Waals surface area contributed by atoms with Crippen molar-refractivity contribution in [2.75, 3.05) is 11.9 Å². The minimum absolute atomic E-state index is 0.0240. The van der Waals surface area contributed by atoms with Crippen LogP contribution in [0.15, 0.2) is 46.9 Å². The molecule has 0 saturated heterocycles. The Balaban J connectivity index is 1.85. The van der Waals surface area contributed by atoms with Gasteiger partial charge < -0.3 is 10.1 Å². The second-order valence-corrected chi connectivity index (χ2v) is 6.90. The Bertz CT molecular complexity index is 683. The normalized spacial score (nSPS) is 10.5. The Morgan fingerprint density at radius 2 is 1.76 bits per heavy atom. The first kappa shape index (κ1) is 19.5. The molecule has 2 aromatic rings. The molecular weight excluding hydrogens is 378 g/mol. The number of hydrogen-bond donors (Lipinski definition) is 1. The third-order valence-electron chi connectivity index (χ3n) is 4.00. The van der Waals surface area contributed by atoms with E-state index >= 15 is 0 Å². The molecule has 0 spiro atoms. The van der Waals surface area contributed by atoms with Gasteiger partial charge in [-0.1, -0.05) is 31.5 Å². The summed E-state index contributed by atoms with van der Waals surface area (Å²) in [6.45, 7) is 4.81. The topological polar surface area (TPSA) is 38.3 Å². The number of amides is 1. The van der Waals surface area contributed by atoms with Crippen molar-refractivity contribution in [3.8, 4) is 5.75 Å². The summed E-state index contributed by atoms with van der Waals surface area (Å²) in [5, 5.41) is 2.98. The fraction of sp³-hybridized carbons (Fsp3) is 0.381. The molecule has 0 bridgehead atoms. The predicted octanol–water partition coefficient (Wildman–Crippen LogP) is 5.76. The molecule has 0 heterocycles. The molecule has 2 rings (SSSR count). The third-order valence-corrected chi connectivity index (χ3v) is 4.66. The van der Waals surface area contributed by atoms with Crippen molar-refractivity contribution in [2.45, 2.75) is 46.0 Å². The van der Waals surface area contributed by atoms with Crippen molar-refractivity contribution >= 4 is 27.5 Å². The number of benzene rings is 2. The van der Waals surface area contributed by atoms with Gasteiger partial charge in [0.15, 0.2) is 0 Å². The number of carbonyl (C=O) groups excluding carboxylic acids is 1. The van der Waals surface area contributed by atoms with Crippen LogP contribution in [0.25, 0.3) is 0 Å². The summed E-state index contributed by atoms with van der Waals surface area (Å²) in [6, 6.07) is 14.1. The van der Waals surface area contributed by atoms with E-state index in [1.54, 1.807) is 0 Å². The van der Waals surface area contributed by atoms with E-state index in [-0.39, 0.29) is 5.91 Å². The van der Waals surface area contributed by atoms with Gasteiger partial charge in [0, 0.05) is 10.9 Å². The van der Waals surface area contributed by atoms with Crippen molar-refractivity contribution in [3.63, 3.8) is 0 Å². The van der Waals surface area contributed by atoms with Crippen LogP contribution in [0.3, 0.4) is 0 Å². The SMILES string of the molecule is CCCCc1ccc(NC(=O)CCc2ccc(OCC)cc2)c(Br)c1. The number of nitrogens with one attached hydrogen (secondary N) is 1. The standard InChI is InChI=1S/C21H26BrNO2/c1-3-5-6-17-9-13-20(19(22)15-17)23-21(24)14-10-16-7-11-18(12-8-16)25-4-2/h7-9,11-13,15H,3-6,10,14H2,1-2H3,(H,23,24). The molecule has 134 valence electrons. The average molecular weight is 404 g/mol. The highest BCUT2D eigenvalue weighted by Crippen LogP contribution is 2.25. The van der Waals surface area contributed by atoms with Crippen LogP contribution in [0.4, 0.5) is 5.69 Å². The maximum absolute atomic E-state index is 12.2. The van der Waals surface area contributed by atoms with Gasteiger partial charge in [-0.2, -0.15) is 0 Å². The van der Waals surface area contributed by atoms with E-state index in [2.05, 4.69) is 40.3 Å². The van der Waals surface area contributed by atoms with Crippen LogP contribution in [0.5, 0.6) is 5.75 Å². The highest BCUT2D eigenvalue weighted by atomic mass is 79.9. The Kier molecular flexibility index (Phi) is 7.99. The number of unbranched alkanes of at least 4 members (excludes halogenated alkanes) is 1. The Labute approximate surface area is 158 Å². The largest absolute Gasteiger partial charge is 0.494 e. The first-order valence-corrected chi connectivity index (χ1v) is 9.71. The van der Waals surface area contributed by atoms with Gasteiger partial charge in [-0.05, 0) is 77.5 Å². The number of hydrogen-bond acceptors (Lipinski definition) is 2. The lowest BCUT2D eigenvalue weighted by Gasteiger charge is -2.10. The highest BCUT2D eigenvalue weighted by Gasteiger charge is 2.07. The molecule has 0 saturated carbocycles. The van der Waals surface area contributed by atoms with Crippen molar-refractivity contribution in [2.24, 2.45) is 0 Å². The van der Waals surface area contributed by atoms with Crippen LogP contribution in [-0.2, 0) is 17.6 Å². The molecule has 0 unspecified atom stereocenters. The zero-order valence-corrected chi connectivity index (χ0v) is 16.6. The highest BCUT2D eigenvalue weighted by molar-refractivity contribution is 9.10. The zero-order valence-electron chi connectivity index (χ0n) is 15.0. The van der Waals surface area contributed by atoms with Crippen LogP contribution in [-0.4, -0.2) is 12.5 Å². The number of anilines is 1. The van der Waals surface area contributed by atoms with Crippen molar-refractivity contribution in [3.05, 3.63) is 58.1 Å². The molecule has 0 aliphatic rings. The van der Waals surface area contributed by atoms with Crippen molar-refractivity contribution in [1.82, 2.24) is 0 Å². The van der Waals surface area contributed by atoms with E-state index in [0.29, 0.717) is 19.4 Å². The van der Waals surface area contributed by atoms with Gasteiger partial charge in [-0.3, -0.25) is 4.79 Å². The number of ether oxygens (including phenoxy) is 1. The molecule has 0 aliphatic heterocycles. The Morgan fingerprint density at radius 1 is 1.04 bits per heavy atom. The molecule has 4 heteroatoms. The van der Waals surface area contributed by atoms with E-state index in [0.717, 1.165) is 27.9 Å². The molecule has 0 radical (unpaired) electrons. The summed E-state index contributed by atoms with van der Waals surface area (Å²) in [6.07, 6.45) is 4.60. The lowest BCUT2D eigenvalue weighted by molar-refractivity contribution is -0.116. The predicted molar refractivity (Wildman–Crippen MR) is 107 cm³/mol. The molecular formula is C21H26BrNO2. The quantitative estimate of drug-likeness (QED) is 0.577. The minimum atomic E-state index is 0.0240. The third kappa shape index (κ3) is 6.54. The van der Waals surface area contributed by atoms with E-state index in [1.807, 2.05) is 37.3 Å². The van der Waals surface area contributed by atoms with Gasteiger partial charge in [0.05, 0.1) is 12.3 Å². The first-order chi connectivity index (χ1) is 12.1. The fourth-order valence-corrected chi connectivity index (χ4v) is 3.11. The molecule has 1 amide bonds. The summed E-state index contributed by atoms with van der Waals surface area (Å²) >= 11 is 3.56. The van der Waals surface area contributed by atoms with Crippen LogP contribution in [0, 0.1) is 0 Å². The van der Waals surface area contributed by atoms with Gasteiger partial charge in [-0.15, -0.1) is 0 Å². The van der Waals surface area contributed by atoms with Crippen molar-refractivity contribution in [1.29, 1.82) is 0 Å². The van der Waals surface area contributed by atoms with Gasteiger partial charge in [0.2, 0.25) is 5.91 Å². The minimum Gasteiger partial charge on any atom is -0.494 e. The lowest BCUT2D eigenvalue weighted by Crippen LogP contribution is -2.12. The van der Waals surface area contributed by atoms with Crippen LogP contribution >= 0.6 is 15.9 Å². The molecule has 0 aliphatic carbocycles. The van der Waals surface area contributed by atoms with Crippen LogP contribution in [0.2, 0.25) is 0 Å². The molecule has 0 aromatic heterocycles. The molecule has 25 heavy (non-hydrogen) atoms. The first-order valence-electron chi connectivity index (χ1n) is 8.92. The summed E-state index contributed by atoms with van der Waals surface area (Å²) in [7, 11) is 0. The summed E-state index contributed by atoms with van der Waals surface area (Å²) in [5.74, 6) is 0.888. The second-order valence-electron chi connectivity index (χ2n) is 6.04. The van der Waals surface area contributed by atoms with E-state index < -0.39 is 0 Å². The zero-order chi connectivity index (χ0) is 18.1. The summed E-state index contributed by atoms with van der Waals surface area (Å²) in [4.78, 5) is 12.2. The number of rotatable bonds is 9. The Hall–Kier alpha value is -1.81. The number of halogens is 1. The second kappa shape index (κ2) is 10.2. The monoisotopic (exact) mass is 403 g/mol. The number of aryl methyl sites for hydroxylation is 2. The maximum atomic E-state index is 12.2. The average Bonchev–Trinajstić information content (AvgIpc) is 2.62. The molecule has 0 atom stereocenters. The number of carbonyl (C=O) groups is 1. The molecule has 1 N–H and O–H groups in total. The lowest BCUT2D eigenvalue weighted by atomic mass is 10.1. The fourth-order valence-electron chi connectivity index (χ4n) is 2.59. The van der Waals surface area contributed by atoms with Gasteiger partial charge >= 0.3 is 0 Å². The van der Waals surface area contributed by atoms with Gasteiger partial charge in [0.1, 0.15) is 5.75 Å².